The minimum atomic E-state index is -0.0982. The van der Waals surface area contributed by atoms with Crippen molar-refractivity contribution in [3.05, 3.63) is 29.8 Å². The fourth-order valence-electron chi connectivity index (χ4n) is 2.31. The Kier molecular flexibility index (Phi) is 5.83. The van der Waals surface area contributed by atoms with Crippen molar-refractivity contribution >= 4 is 5.91 Å². The van der Waals surface area contributed by atoms with Crippen LogP contribution in [0.1, 0.15) is 17.9 Å². The van der Waals surface area contributed by atoms with Crippen LogP contribution in [0.25, 0.3) is 0 Å². The lowest BCUT2D eigenvalue weighted by Gasteiger charge is -2.25. The second kappa shape index (κ2) is 7.87. The van der Waals surface area contributed by atoms with E-state index < -0.39 is 0 Å². The van der Waals surface area contributed by atoms with E-state index in [0.717, 1.165) is 30.8 Å². The first kappa shape index (κ1) is 14.8. The number of carbonyl (C=O) groups is 1. The highest BCUT2D eigenvalue weighted by atomic mass is 16.5. The van der Waals surface area contributed by atoms with Crippen molar-refractivity contribution < 1.29 is 14.3 Å². The molecule has 1 unspecified atom stereocenters. The van der Waals surface area contributed by atoms with Crippen LogP contribution in [0.3, 0.4) is 0 Å². The molecule has 0 aliphatic carbocycles. The van der Waals surface area contributed by atoms with Gasteiger partial charge in [-0.2, -0.15) is 0 Å². The molecule has 2 N–H and O–H groups in total. The van der Waals surface area contributed by atoms with Crippen LogP contribution in [0.5, 0.6) is 5.75 Å². The van der Waals surface area contributed by atoms with Crippen LogP contribution in [-0.2, 0) is 9.53 Å². The fourth-order valence-corrected chi connectivity index (χ4v) is 2.31. The number of fused-ring (bicyclic) bond motifs is 1. The van der Waals surface area contributed by atoms with E-state index in [-0.39, 0.29) is 11.8 Å². The number of methoxy groups -OCH3 is 1. The summed E-state index contributed by atoms with van der Waals surface area (Å²) >= 11 is 0. The van der Waals surface area contributed by atoms with Crippen LogP contribution in [-0.4, -0.2) is 45.9 Å². The van der Waals surface area contributed by atoms with E-state index in [1.54, 1.807) is 7.11 Å². The van der Waals surface area contributed by atoms with Gasteiger partial charge in [-0.15, -0.1) is 0 Å². The Balaban J connectivity index is 1.79. The molecule has 0 saturated carbocycles. The van der Waals surface area contributed by atoms with Crippen molar-refractivity contribution in [2.45, 2.75) is 12.3 Å². The number of benzene rings is 1. The molecule has 1 heterocycles. The molecule has 0 aromatic heterocycles. The van der Waals surface area contributed by atoms with Gasteiger partial charge in [0.2, 0.25) is 5.91 Å². The molecule has 0 spiro atoms. The molecule has 0 saturated heterocycles. The molecule has 1 aliphatic heterocycles. The molecule has 0 bridgehead atoms. The molecule has 1 amide bonds. The highest BCUT2D eigenvalue weighted by Gasteiger charge is 2.26. The van der Waals surface area contributed by atoms with Gasteiger partial charge in [0.25, 0.3) is 0 Å². The second-order valence-electron chi connectivity index (χ2n) is 4.76. The molecular formula is C15H22N2O3. The third-order valence-electron chi connectivity index (χ3n) is 3.36. The van der Waals surface area contributed by atoms with Crippen LogP contribution in [0, 0.1) is 0 Å². The number of rotatable bonds is 7. The van der Waals surface area contributed by atoms with Gasteiger partial charge in [-0.3, -0.25) is 4.79 Å². The zero-order valence-corrected chi connectivity index (χ0v) is 11.9. The standard InChI is InChI=1S/C15H22N2O3/c1-19-11-9-16-7-8-17-15(18)13-6-10-20-14-5-3-2-4-12(13)14/h2-5,13,16H,6-11H2,1H3,(H,17,18). The van der Waals surface area contributed by atoms with Gasteiger partial charge in [0, 0.05) is 32.3 Å². The third kappa shape index (κ3) is 3.95. The largest absolute Gasteiger partial charge is 0.493 e. The summed E-state index contributed by atoms with van der Waals surface area (Å²) in [5.41, 5.74) is 0.989. The van der Waals surface area contributed by atoms with Crippen molar-refractivity contribution in [2.24, 2.45) is 0 Å². The Morgan fingerprint density at radius 2 is 2.20 bits per heavy atom. The summed E-state index contributed by atoms with van der Waals surface area (Å²) < 4.78 is 10.5. The summed E-state index contributed by atoms with van der Waals surface area (Å²) in [5, 5.41) is 6.17. The Hall–Kier alpha value is -1.59. The van der Waals surface area contributed by atoms with E-state index in [9.17, 15) is 4.79 Å². The highest BCUT2D eigenvalue weighted by Crippen LogP contribution is 2.33. The first-order chi connectivity index (χ1) is 9.83. The maximum absolute atomic E-state index is 12.2. The molecular weight excluding hydrogens is 256 g/mol. The summed E-state index contributed by atoms with van der Waals surface area (Å²) in [7, 11) is 1.67. The van der Waals surface area contributed by atoms with Crippen molar-refractivity contribution in [1.29, 1.82) is 0 Å². The maximum atomic E-state index is 12.2. The Bertz CT molecular complexity index is 437. The van der Waals surface area contributed by atoms with Gasteiger partial charge in [-0.25, -0.2) is 0 Å². The van der Waals surface area contributed by atoms with E-state index in [2.05, 4.69) is 10.6 Å². The lowest BCUT2D eigenvalue weighted by molar-refractivity contribution is -0.123. The van der Waals surface area contributed by atoms with Crippen LogP contribution in [0.4, 0.5) is 0 Å². The van der Waals surface area contributed by atoms with Crippen molar-refractivity contribution in [1.82, 2.24) is 10.6 Å². The zero-order chi connectivity index (χ0) is 14.2. The smallest absolute Gasteiger partial charge is 0.227 e. The summed E-state index contributed by atoms with van der Waals surface area (Å²) in [4.78, 5) is 12.2. The van der Waals surface area contributed by atoms with Crippen molar-refractivity contribution in [3.8, 4) is 5.75 Å². The Labute approximate surface area is 119 Å². The first-order valence-electron chi connectivity index (χ1n) is 7.02. The number of hydrogen-bond acceptors (Lipinski definition) is 4. The SMILES string of the molecule is COCCNCCNC(=O)C1CCOc2ccccc21. The van der Waals surface area contributed by atoms with Gasteiger partial charge in [-0.05, 0) is 12.5 Å². The fraction of sp³-hybridized carbons (Fsp3) is 0.533. The average molecular weight is 278 g/mol. The van der Waals surface area contributed by atoms with Crippen LogP contribution in [0.15, 0.2) is 24.3 Å². The number of ether oxygens (including phenoxy) is 2. The molecule has 5 heteroatoms. The zero-order valence-electron chi connectivity index (χ0n) is 11.9. The lowest BCUT2D eigenvalue weighted by atomic mass is 9.92. The predicted octanol–water partition coefficient (Wildman–Crippen LogP) is 0.905. The molecule has 110 valence electrons. The number of amides is 1. The molecule has 0 fully saturated rings. The van der Waals surface area contributed by atoms with E-state index in [4.69, 9.17) is 9.47 Å². The molecule has 2 rings (SSSR count). The Morgan fingerprint density at radius 3 is 3.05 bits per heavy atom. The van der Waals surface area contributed by atoms with Crippen LogP contribution in [0.2, 0.25) is 0 Å². The molecule has 1 aromatic carbocycles. The summed E-state index contributed by atoms with van der Waals surface area (Å²) in [6.45, 7) is 3.46. The van der Waals surface area contributed by atoms with Gasteiger partial charge in [-0.1, -0.05) is 18.2 Å². The highest BCUT2D eigenvalue weighted by molar-refractivity contribution is 5.84. The summed E-state index contributed by atoms with van der Waals surface area (Å²) in [6, 6.07) is 7.76. The third-order valence-corrected chi connectivity index (χ3v) is 3.36. The molecule has 5 nitrogen and oxygen atoms in total. The lowest BCUT2D eigenvalue weighted by Crippen LogP contribution is -2.37. The van der Waals surface area contributed by atoms with E-state index in [1.807, 2.05) is 24.3 Å². The van der Waals surface area contributed by atoms with Crippen molar-refractivity contribution in [3.63, 3.8) is 0 Å². The Morgan fingerprint density at radius 1 is 1.35 bits per heavy atom. The minimum Gasteiger partial charge on any atom is -0.493 e. The number of nitrogens with one attached hydrogen (secondary N) is 2. The van der Waals surface area contributed by atoms with Gasteiger partial charge < -0.3 is 20.1 Å². The second-order valence-corrected chi connectivity index (χ2v) is 4.76. The average Bonchev–Trinajstić information content (AvgIpc) is 2.50. The molecule has 1 atom stereocenters. The van der Waals surface area contributed by atoms with Crippen LogP contribution < -0.4 is 15.4 Å². The van der Waals surface area contributed by atoms with E-state index in [1.165, 1.54) is 0 Å². The van der Waals surface area contributed by atoms with E-state index >= 15 is 0 Å². The molecule has 0 radical (unpaired) electrons. The topological polar surface area (TPSA) is 59.6 Å². The van der Waals surface area contributed by atoms with E-state index in [0.29, 0.717) is 19.8 Å². The summed E-state index contributed by atoms with van der Waals surface area (Å²) in [6.07, 6.45) is 0.736. The number of carbonyl (C=O) groups excluding carboxylic acids is 1. The van der Waals surface area contributed by atoms with Gasteiger partial charge in [0.15, 0.2) is 0 Å². The molecule has 20 heavy (non-hydrogen) atoms. The van der Waals surface area contributed by atoms with Crippen LogP contribution >= 0.6 is 0 Å². The van der Waals surface area contributed by atoms with Gasteiger partial charge in [0.1, 0.15) is 5.75 Å². The number of para-hydroxylation sites is 1. The predicted molar refractivity (Wildman–Crippen MR) is 77.1 cm³/mol. The maximum Gasteiger partial charge on any atom is 0.227 e. The monoisotopic (exact) mass is 278 g/mol. The molecule has 1 aromatic rings. The molecule has 1 aliphatic rings. The number of hydrogen-bond donors (Lipinski definition) is 2. The quantitative estimate of drug-likeness (QED) is 0.728. The normalized spacial score (nSPS) is 17.1. The van der Waals surface area contributed by atoms with Gasteiger partial charge in [0.05, 0.1) is 19.1 Å². The van der Waals surface area contributed by atoms with Gasteiger partial charge >= 0.3 is 0 Å². The minimum absolute atomic E-state index is 0.0780. The summed E-state index contributed by atoms with van der Waals surface area (Å²) in [5.74, 6) is 0.810. The van der Waals surface area contributed by atoms with Crippen molar-refractivity contribution in [2.75, 3.05) is 40.0 Å². The first-order valence-corrected chi connectivity index (χ1v) is 7.02.